The topological polar surface area (TPSA) is 61.7 Å². The van der Waals surface area contributed by atoms with Crippen molar-refractivity contribution < 1.29 is 9.90 Å². The highest BCUT2D eigenvalue weighted by atomic mass is 35.5. The van der Waals surface area contributed by atoms with Crippen LogP contribution in [0.25, 0.3) is 0 Å². The first-order valence-corrected chi connectivity index (χ1v) is 7.49. The maximum atomic E-state index is 11.6. The fourth-order valence-corrected chi connectivity index (χ4v) is 2.27. The van der Waals surface area contributed by atoms with Crippen molar-refractivity contribution in [2.24, 2.45) is 5.10 Å². The van der Waals surface area contributed by atoms with Gasteiger partial charge in [-0.1, -0.05) is 11.6 Å². The van der Waals surface area contributed by atoms with Crippen LogP contribution in [-0.2, 0) is 4.79 Å². The van der Waals surface area contributed by atoms with Crippen molar-refractivity contribution in [1.29, 1.82) is 0 Å². The third-order valence-corrected chi connectivity index (χ3v) is 3.74. The lowest BCUT2D eigenvalue weighted by atomic mass is 10.2. The summed E-state index contributed by atoms with van der Waals surface area (Å²) in [6, 6.07) is 13.8. The normalized spacial score (nSPS) is 10.7. The van der Waals surface area contributed by atoms with Gasteiger partial charge in [-0.25, -0.2) is 5.43 Å². The summed E-state index contributed by atoms with van der Waals surface area (Å²) >= 11 is 7.20. The lowest BCUT2D eigenvalue weighted by molar-refractivity contribution is -0.118. The zero-order valence-electron chi connectivity index (χ0n) is 11.0. The van der Waals surface area contributed by atoms with E-state index in [0.717, 1.165) is 10.5 Å². The van der Waals surface area contributed by atoms with Gasteiger partial charge in [0.1, 0.15) is 5.75 Å². The van der Waals surface area contributed by atoms with Gasteiger partial charge in [0.2, 0.25) is 5.91 Å². The summed E-state index contributed by atoms with van der Waals surface area (Å²) in [5.74, 6) is 0.273. The van der Waals surface area contributed by atoms with E-state index in [1.54, 1.807) is 36.4 Å². The maximum Gasteiger partial charge on any atom is 0.250 e. The second-order valence-electron chi connectivity index (χ2n) is 4.13. The summed E-state index contributed by atoms with van der Waals surface area (Å²) in [5, 5.41) is 13.7. The molecule has 21 heavy (non-hydrogen) atoms. The van der Waals surface area contributed by atoms with E-state index in [4.69, 9.17) is 16.7 Å². The Bertz CT molecular complexity index is 627. The first-order valence-electron chi connectivity index (χ1n) is 6.13. The van der Waals surface area contributed by atoms with Crippen LogP contribution in [0, 0.1) is 0 Å². The number of nitrogens with one attached hydrogen (secondary N) is 1. The second kappa shape index (κ2) is 7.71. The second-order valence-corrected chi connectivity index (χ2v) is 5.61. The molecule has 0 spiro atoms. The molecule has 0 radical (unpaired) electrons. The summed E-state index contributed by atoms with van der Waals surface area (Å²) in [7, 11) is 0. The molecule has 2 aromatic carbocycles. The van der Waals surface area contributed by atoms with Gasteiger partial charge in [0, 0.05) is 9.92 Å². The van der Waals surface area contributed by atoms with Crippen LogP contribution in [0.4, 0.5) is 0 Å². The minimum atomic E-state index is -0.190. The lowest BCUT2D eigenvalue weighted by Crippen LogP contribution is -2.19. The number of halogens is 1. The number of amides is 1. The zero-order chi connectivity index (χ0) is 15.1. The van der Waals surface area contributed by atoms with E-state index < -0.39 is 0 Å². The fraction of sp³-hybridized carbons (Fsp3) is 0.0667. The van der Waals surface area contributed by atoms with Crippen molar-refractivity contribution in [3.8, 4) is 5.75 Å². The Labute approximate surface area is 131 Å². The zero-order valence-corrected chi connectivity index (χ0v) is 12.6. The molecule has 0 aromatic heterocycles. The van der Waals surface area contributed by atoms with Crippen molar-refractivity contribution >= 4 is 35.5 Å². The maximum absolute atomic E-state index is 11.6. The number of benzene rings is 2. The number of carbonyl (C=O) groups is 1. The smallest absolute Gasteiger partial charge is 0.250 e. The molecule has 108 valence electrons. The number of hydrogen-bond acceptors (Lipinski definition) is 4. The minimum absolute atomic E-state index is 0.190. The molecule has 0 aliphatic rings. The molecule has 0 atom stereocenters. The number of hydrogen-bond donors (Lipinski definition) is 2. The van der Waals surface area contributed by atoms with Gasteiger partial charge in [0.25, 0.3) is 0 Å². The SMILES string of the molecule is O=C(CSc1ccc(Cl)cc1)N/N=C/c1ccc(O)cc1. The van der Waals surface area contributed by atoms with Gasteiger partial charge in [-0.2, -0.15) is 5.10 Å². The molecule has 0 heterocycles. The summed E-state index contributed by atoms with van der Waals surface area (Å²) < 4.78 is 0. The third-order valence-electron chi connectivity index (χ3n) is 2.48. The van der Waals surface area contributed by atoms with Crippen molar-refractivity contribution in [1.82, 2.24) is 5.43 Å². The molecule has 0 saturated heterocycles. The van der Waals surface area contributed by atoms with Gasteiger partial charge < -0.3 is 5.11 Å². The first-order chi connectivity index (χ1) is 10.1. The average Bonchev–Trinajstić information content (AvgIpc) is 2.49. The number of phenols is 1. The van der Waals surface area contributed by atoms with E-state index in [2.05, 4.69) is 10.5 Å². The van der Waals surface area contributed by atoms with Crippen LogP contribution in [0.1, 0.15) is 5.56 Å². The van der Waals surface area contributed by atoms with Gasteiger partial charge in [-0.15, -0.1) is 11.8 Å². The fourth-order valence-electron chi connectivity index (χ4n) is 1.45. The average molecular weight is 321 g/mol. The van der Waals surface area contributed by atoms with Crippen LogP contribution in [0.5, 0.6) is 5.75 Å². The Balaban J connectivity index is 1.77. The summed E-state index contributed by atoms with van der Waals surface area (Å²) in [6.45, 7) is 0. The molecule has 1 amide bonds. The molecule has 4 nitrogen and oxygen atoms in total. The van der Waals surface area contributed by atoms with Crippen molar-refractivity contribution in [2.45, 2.75) is 4.90 Å². The molecule has 0 unspecified atom stereocenters. The van der Waals surface area contributed by atoms with E-state index in [0.29, 0.717) is 5.02 Å². The van der Waals surface area contributed by atoms with Gasteiger partial charge >= 0.3 is 0 Å². The molecular formula is C15H13ClN2O2S. The Hall–Kier alpha value is -1.98. The van der Waals surface area contributed by atoms with Crippen LogP contribution in [0.15, 0.2) is 58.5 Å². The van der Waals surface area contributed by atoms with Crippen molar-refractivity contribution in [3.63, 3.8) is 0 Å². The number of nitrogens with zero attached hydrogens (tertiary/aromatic N) is 1. The minimum Gasteiger partial charge on any atom is -0.508 e. The van der Waals surface area contributed by atoms with E-state index in [9.17, 15) is 4.79 Å². The number of aromatic hydroxyl groups is 1. The van der Waals surface area contributed by atoms with Crippen LogP contribution in [0.3, 0.4) is 0 Å². The quantitative estimate of drug-likeness (QED) is 0.505. The number of rotatable bonds is 5. The Morgan fingerprint density at radius 1 is 1.19 bits per heavy atom. The summed E-state index contributed by atoms with van der Waals surface area (Å²) in [6.07, 6.45) is 1.52. The van der Waals surface area contributed by atoms with E-state index in [1.165, 1.54) is 18.0 Å². The van der Waals surface area contributed by atoms with Gasteiger partial charge in [-0.05, 0) is 54.1 Å². The van der Waals surface area contributed by atoms with Crippen molar-refractivity contribution in [2.75, 3.05) is 5.75 Å². The Kier molecular flexibility index (Phi) is 5.66. The summed E-state index contributed by atoms with van der Waals surface area (Å²) in [5.41, 5.74) is 3.24. The van der Waals surface area contributed by atoms with Crippen LogP contribution < -0.4 is 5.43 Å². The predicted octanol–water partition coefficient (Wildman–Crippen LogP) is 3.29. The highest BCUT2D eigenvalue weighted by Gasteiger charge is 2.01. The lowest BCUT2D eigenvalue weighted by Gasteiger charge is -2.01. The number of hydrazone groups is 1. The highest BCUT2D eigenvalue weighted by molar-refractivity contribution is 8.00. The van der Waals surface area contributed by atoms with Gasteiger partial charge in [0.05, 0.1) is 12.0 Å². The number of phenolic OH excluding ortho intramolecular Hbond substituents is 1. The first kappa shape index (κ1) is 15.4. The number of thioether (sulfide) groups is 1. The molecular weight excluding hydrogens is 308 g/mol. The molecule has 0 bridgehead atoms. The van der Waals surface area contributed by atoms with Crippen LogP contribution >= 0.6 is 23.4 Å². The highest BCUT2D eigenvalue weighted by Crippen LogP contribution is 2.19. The monoisotopic (exact) mass is 320 g/mol. The van der Waals surface area contributed by atoms with Crippen LogP contribution in [-0.4, -0.2) is 23.0 Å². The predicted molar refractivity (Wildman–Crippen MR) is 86.0 cm³/mol. The van der Waals surface area contributed by atoms with Gasteiger partial charge in [0.15, 0.2) is 0 Å². The Morgan fingerprint density at radius 2 is 1.86 bits per heavy atom. The standard InChI is InChI=1S/C15H13ClN2O2S/c16-12-3-7-14(8-4-12)21-10-15(20)18-17-9-11-1-5-13(19)6-2-11/h1-9,19H,10H2,(H,18,20)/b17-9+. The largest absolute Gasteiger partial charge is 0.508 e. The molecule has 2 N–H and O–H groups in total. The molecule has 0 aliphatic heterocycles. The molecule has 2 aromatic rings. The summed E-state index contributed by atoms with van der Waals surface area (Å²) in [4.78, 5) is 12.6. The molecule has 0 aliphatic carbocycles. The molecule has 0 fully saturated rings. The molecule has 6 heteroatoms. The van der Waals surface area contributed by atoms with E-state index >= 15 is 0 Å². The van der Waals surface area contributed by atoms with Gasteiger partial charge in [-0.3, -0.25) is 4.79 Å². The van der Waals surface area contributed by atoms with E-state index in [-0.39, 0.29) is 17.4 Å². The molecule has 2 rings (SSSR count). The number of carbonyl (C=O) groups excluding carboxylic acids is 1. The Morgan fingerprint density at radius 3 is 2.52 bits per heavy atom. The van der Waals surface area contributed by atoms with Crippen molar-refractivity contribution in [3.05, 3.63) is 59.1 Å². The molecule has 0 saturated carbocycles. The third kappa shape index (κ3) is 5.49. The van der Waals surface area contributed by atoms with Crippen LogP contribution in [0.2, 0.25) is 5.02 Å². The van der Waals surface area contributed by atoms with E-state index in [1.807, 2.05) is 12.1 Å².